The largest absolute Gasteiger partial charge is 0.390 e. The summed E-state index contributed by atoms with van der Waals surface area (Å²) in [5.74, 6) is 0.771. The van der Waals surface area contributed by atoms with Crippen molar-refractivity contribution < 1.29 is 9.90 Å². The van der Waals surface area contributed by atoms with Crippen molar-refractivity contribution in [2.45, 2.75) is 46.6 Å². The number of nitrogens with one attached hydrogen (secondary N) is 1. The first-order valence-corrected chi connectivity index (χ1v) is 12.9. The number of piperazine rings is 1. The smallest absolute Gasteiger partial charge is 0.271 e. The number of anilines is 1. The van der Waals surface area contributed by atoms with Crippen LogP contribution in [0.1, 0.15) is 52.9 Å². The lowest BCUT2D eigenvalue weighted by Crippen LogP contribution is -2.50. The molecule has 0 bridgehead atoms. The van der Waals surface area contributed by atoms with Gasteiger partial charge in [0.15, 0.2) is 0 Å². The van der Waals surface area contributed by atoms with E-state index in [0.29, 0.717) is 12.2 Å². The number of hydrogen-bond donors (Lipinski definition) is 2. The highest BCUT2D eigenvalue weighted by atomic mass is 35.5. The first-order valence-electron chi connectivity index (χ1n) is 12.9. The fourth-order valence-corrected chi connectivity index (χ4v) is 4.93. The van der Waals surface area contributed by atoms with Crippen molar-refractivity contribution in [3.8, 4) is 5.69 Å². The van der Waals surface area contributed by atoms with Gasteiger partial charge in [-0.15, -0.1) is 24.8 Å². The summed E-state index contributed by atoms with van der Waals surface area (Å²) in [6.45, 7) is 14.8. The Hall–Kier alpha value is -2.58. The van der Waals surface area contributed by atoms with Crippen LogP contribution >= 0.6 is 24.8 Å². The summed E-state index contributed by atoms with van der Waals surface area (Å²) in [6, 6.07) is 16.4. The lowest BCUT2D eigenvalue weighted by atomic mass is 10.1. The van der Waals surface area contributed by atoms with Gasteiger partial charge in [0, 0.05) is 56.6 Å². The summed E-state index contributed by atoms with van der Waals surface area (Å²) < 4.78 is 2.05. The third kappa shape index (κ3) is 7.08. The fraction of sp³-hybridized carbons (Fsp3) is 0.448. The van der Waals surface area contributed by atoms with E-state index in [0.717, 1.165) is 43.4 Å². The summed E-state index contributed by atoms with van der Waals surface area (Å²) >= 11 is 0. The van der Waals surface area contributed by atoms with Crippen molar-refractivity contribution in [2.75, 3.05) is 44.2 Å². The molecule has 1 amide bonds. The zero-order chi connectivity index (χ0) is 25.8. The maximum Gasteiger partial charge on any atom is 0.271 e. The second-order valence-corrected chi connectivity index (χ2v) is 10.1. The predicted octanol–water partition coefficient (Wildman–Crippen LogP) is 4.68. The first kappa shape index (κ1) is 31.6. The minimum Gasteiger partial charge on any atom is -0.390 e. The molecule has 4 rings (SSSR count). The molecule has 1 aliphatic heterocycles. The Morgan fingerprint density at radius 2 is 1.63 bits per heavy atom. The minimum absolute atomic E-state index is 0. The number of para-hydroxylation sites is 1. The van der Waals surface area contributed by atoms with Crippen LogP contribution in [0.5, 0.6) is 0 Å². The molecule has 208 valence electrons. The summed E-state index contributed by atoms with van der Waals surface area (Å²) in [5.41, 5.74) is 6.15. The summed E-state index contributed by atoms with van der Waals surface area (Å²) in [7, 11) is 0. The van der Waals surface area contributed by atoms with E-state index in [-0.39, 0.29) is 43.2 Å². The third-order valence-electron chi connectivity index (χ3n) is 7.14. The van der Waals surface area contributed by atoms with Gasteiger partial charge in [0.2, 0.25) is 0 Å². The van der Waals surface area contributed by atoms with E-state index in [9.17, 15) is 9.90 Å². The lowest BCUT2D eigenvalue weighted by molar-refractivity contribution is 0.0847. The molecule has 7 nitrogen and oxygen atoms in total. The number of carbonyl (C=O) groups excluding carboxylic acids is 1. The van der Waals surface area contributed by atoms with Crippen molar-refractivity contribution in [3.63, 3.8) is 0 Å². The van der Waals surface area contributed by atoms with Gasteiger partial charge in [-0.2, -0.15) is 0 Å². The average molecular weight is 563 g/mol. The number of benzene rings is 2. The normalized spacial score (nSPS) is 14.6. The van der Waals surface area contributed by atoms with Crippen molar-refractivity contribution in [1.29, 1.82) is 0 Å². The predicted molar refractivity (Wildman–Crippen MR) is 160 cm³/mol. The van der Waals surface area contributed by atoms with Crippen LogP contribution in [-0.2, 0) is 0 Å². The quantitative estimate of drug-likeness (QED) is 0.417. The van der Waals surface area contributed by atoms with E-state index in [4.69, 9.17) is 0 Å². The van der Waals surface area contributed by atoms with Crippen molar-refractivity contribution in [1.82, 2.24) is 19.8 Å². The fourth-order valence-electron chi connectivity index (χ4n) is 4.93. The molecule has 0 spiro atoms. The second kappa shape index (κ2) is 14.0. The minimum atomic E-state index is -0.637. The number of nitrogens with zero attached hydrogens (tertiary/aromatic N) is 4. The number of aromatic nitrogens is 2. The van der Waals surface area contributed by atoms with E-state index >= 15 is 0 Å². The number of carbonyl (C=O) groups is 1. The highest BCUT2D eigenvalue weighted by Crippen LogP contribution is 2.25. The Morgan fingerprint density at radius 3 is 2.26 bits per heavy atom. The lowest BCUT2D eigenvalue weighted by Gasteiger charge is -2.37. The average Bonchev–Trinajstić information content (AvgIpc) is 3.23. The van der Waals surface area contributed by atoms with Crippen LogP contribution in [0, 0.1) is 20.8 Å². The van der Waals surface area contributed by atoms with Crippen LogP contribution in [0.2, 0.25) is 0 Å². The molecule has 1 aromatic heterocycles. The highest BCUT2D eigenvalue weighted by Gasteiger charge is 2.24. The number of aryl methyl sites for hydroxylation is 1. The van der Waals surface area contributed by atoms with Gasteiger partial charge in [-0.3, -0.25) is 14.3 Å². The van der Waals surface area contributed by atoms with Crippen LogP contribution in [0.25, 0.3) is 5.69 Å². The number of amides is 1. The number of aliphatic hydroxyl groups is 1. The summed E-state index contributed by atoms with van der Waals surface area (Å²) in [6.07, 6.45) is -0.637. The molecule has 9 heteroatoms. The number of aliphatic hydroxyl groups excluding tert-OH is 1. The van der Waals surface area contributed by atoms with Gasteiger partial charge in [-0.25, -0.2) is 4.98 Å². The molecule has 0 aliphatic carbocycles. The molecule has 1 aliphatic rings. The van der Waals surface area contributed by atoms with E-state index in [1.165, 1.54) is 16.8 Å². The molecule has 1 unspecified atom stereocenters. The Morgan fingerprint density at radius 1 is 0.974 bits per heavy atom. The van der Waals surface area contributed by atoms with Crippen LogP contribution in [0.3, 0.4) is 0 Å². The van der Waals surface area contributed by atoms with Crippen LogP contribution in [-0.4, -0.2) is 70.8 Å². The van der Waals surface area contributed by atoms with Gasteiger partial charge in [0.25, 0.3) is 5.91 Å². The van der Waals surface area contributed by atoms with Gasteiger partial charge in [-0.05, 0) is 50.1 Å². The molecule has 1 atom stereocenters. The van der Waals surface area contributed by atoms with Crippen LogP contribution in [0.15, 0.2) is 48.5 Å². The maximum absolute atomic E-state index is 13.0. The van der Waals surface area contributed by atoms with Crippen molar-refractivity contribution in [2.24, 2.45) is 0 Å². The van der Waals surface area contributed by atoms with Crippen molar-refractivity contribution in [3.05, 3.63) is 76.9 Å². The highest BCUT2D eigenvalue weighted by molar-refractivity contribution is 5.93. The third-order valence-corrected chi connectivity index (χ3v) is 7.14. The van der Waals surface area contributed by atoms with Gasteiger partial charge < -0.3 is 15.3 Å². The molecule has 0 radical (unpaired) electrons. The zero-order valence-corrected chi connectivity index (χ0v) is 24.6. The monoisotopic (exact) mass is 561 g/mol. The van der Waals surface area contributed by atoms with E-state index < -0.39 is 6.10 Å². The topological polar surface area (TPSA) is 73.6 Å². The second-order valence-electron chi connectivity index (χ2n) is 10.1. The van der Waals surface area contributed by atoms with Crippen LogP contribution < -0.4 is 10.2 Å². The standard InChI is InChI=1S/C29H39N5O2.2ClH/c1-20(2)28-31-27(23(5)34(28)24-11-7-6-8-12-24)29(36)30-18-25(35)19-32-14-16-33(17-15-32)26-13-9-10-21(3)22(26)4;;/h6-13,20,25,35H,14-19H2,1-5H3,(H,30,36);2*1H. The van der Waals surface area contributed by atoms with Crippen molar-refractivity contribution >= 4 is 36.4 Å². The number of rotatable bonds is 8. The molecule has 1 saturated heterocycles. The molecular formula is C29H41Cl2N5O2. The number of imidazole rings is 1. The van der Waals surface area contributed by atoms with Crippen LogP contribution in [0.4, 0.5) is 5.69 Å². The molecule has 2 aromatic carbocycles. The maximum atomic E-state index is 13.0. The van der Waals surface area contributed by atoms with E-state index in [2.05, 4.69) is 66.0 Å². The Labute approximate surface area is 239 Å². The Balaban J connectivity index is 0.00000253. The number of halogens is 2. The Kier molecular flexibility index (Phi) is 11.6. The molecule has 2 N–H and O–H groups in total. The first-order chi connectivity index (χ1) is 17.3. The number of hydrogen-bond acceptors (Lipinski definition) is 5. The molecular weight excluding hydrogens is 521 g/mol. The molecule has 38 heavy (non-hydrogen) atoms. The van der Waals surface area contributed by atoms with E-state index in [1.54, 1.807) is 0 Å². The summed E-state index contributed by atoms with van der Waals surface area (Å²) in [5, 5.41) is 13.6. The SMILES string of the molecule is Cc1cccc(N2CCN(CC(O)CNC(=O)c3nc(C(C)C)n(-c4ccccc4)c3C)CC2)c1C.Cl.Cl. The van der Waals surface area contributed by atoms with Gasteiger partial charge in [0.05, 0.1) is 11.8 Å². The van der Waals surface area contributed by atoms with Gasteiger partial charge in [-0.1, -0.05) is 44.2 Å². The zero-order valence-electron chi connectivity index (χ0n) is 23.0. The van der Waals surface area contributed by atoms with Gasteiger partial charge in [0.1, 0.15) is 11.5 Å². The molecule has 1 fully saturated rings. The number of β-amino-alcohol motifs (C(OH)–C–C–N with tert-alkyl or cyclic N) is 1. The van der Waals surface area contributed by atoms with Gasteiger partial charge >= 0.3 is 0 Å². The molecule has 3 aromatic rings. The molecule has 0 saturated carbocycles. The molecule has 2 heterocycles. The van der Waals surface area contributed by atoms with E-state index in [1.807, 2.05) is 41.8 Å². The Bertz CT molecular complexity index is 1190. The summed E-state index contributed by atoms with van der Waals surface area (Å²) in [4.78, 5) is 22.4.